The van der Waals surface area contributed by atoms with Gasteiger partial charge in [0.1, 0.15) is 11.4 Å². The van der Waals surface area contributed by atoms with Crippen LogP contribution in [0.15, 0.2) is 30.6 Å². The third kappa shape index (κ3) is 4.54. The Bertz CT molecular complexity index is 776. The number of rotatable bonds is 4. The number of carbonyl (C=O) groups excluding carboxylic acids is 1. The molecule has 1 aliphatic rings. The van der Waals surface area contributed by atoms with E-state index >= 15 is 0 Å². The van der Waals surface area contributed by atoms with Gasteiger partial charge in [0, 0.05) is 13.1 Å². The van der Waals surface area contributed by atoms with Crippen molar-refractivity contribution >= 4 is 17.3 Å². The number of halogens is 2. The molecule has 0 atom stereocenters. The maximum Gasteiger partial charge on any atom is 0.256 e. The highest BCUT2D eigenvalue weighted by Gasteiger charge is 2.27. The number of nitrogens with one attached hydrogen (secondary N) is 2. The molecule has 1 aromatic heterocycles. The highest BCUT2D eigenvalue weighted by Crippen LogP contribution is 2.25. The molecule has 2 N–H and O–H groups in total. The minimum Gasteiger partial charge on any atom is -0.351 e. The summed E-state index contributed by atoms with van der Waals surface area (Å²) in [7, 11) is 1.93. The number of aromatic nitrogens is 1. The van der Waals surface area contributed by atoms with Crippen molar-refractivity contribution in [2.45, 2.75) is 26.8 Å². The highest BCUT2D eigenvalue weighted by atomic mass is 19.1. The van der Waals surface area contributed by atoms with Crippen LogP contribution in [-0.4, -0.2) is 42.0 Å². The van der Waals surface area contributed by atoms with E-state index in [4.69, 9.17) is 0 Å². The van der Waals surface area contributed by atoms with Gasteiger partial charge in [-0.3, -0.25) is 9.78 Å². The Morgan fingerprint density at radius 2 is 1.85 bits per heavy atom. The molecule has 0 spiro atoms. The molecule has 0 bridgehead atoms. The van der Waals surface area contributed by atoms with Gasteiger partial charge in [0.05, 0.1) is 29.8 Å². The lowest BCUT2D eigenvalue weighted by Crippen LogP contribution is -2.57. The van der Waals surface area contributed by atoms with Gasteiger partial charge >= 0.3 is 0 Å². The molecule has 3 rings (SSSR count). The van der Waals surface area contributed by atoms with E-state index in [9.17, 15) is 13.6 Å². The van der Waals surface area contributed by atoms with E-state index < -0.39 is 17.5 Å². The lowest BCUT2D eigenvalue weighted by molar-refractivity contribution is 0.0854. The predicted molar refractivity (Wildman–Crippen MR) is 98.7 cm³/mol. The fourth-order valence-electron chi connectivity index (χ4n) is 2.67. The van der Waals surface area contributed by atoms with Gasteiger partial charge in [0.15, 0.2) is 5.82 Å². The normalized spacial score (nSPS) is 14.1. The average molecular weight is 362 g/mol. The number of amides is 1. The second-order valence-corrected chi connectivity index (χ2v) is 6.04. The third-order valence-corrected chi connectivity index (χ3v) is 3.92. The second kappa shape index (κ2) is 8.71. The number of likely N-dealkylation sites (tertiary alicyclic amines) is 1. The van der Waals surface area contributed by atoms with Gasteiger partial charge < -0.3 is 15.5 Å². The molecular formula is C19H24F2N4O. The van der Waals surface area contributed by atoms with Crippen LogP contribution in [0.4, 0.5) is 20.2 Å². The number of likely N-dealkylation sites (N-methyl/N-ethyl adjacent to an activating group) is 1. The summed E-state index contributed by atoms with van der Waals surface area (Å²) in [6, 6.07) is 4.61. The van der Waals surface area contributed by atoms with E-state index in [2.05, 4.69) is 15.6 Å². The van der Waals surface area contributed by atoms with Gasteiger partial charge in [0.25, 0.3) is 5.91 Å². The number of anilines is 2. The van der Waals surface area contributed by atoms with Crippen molar-refractivity contribution in [1.82, 2.24) is 15.2 Å². The highest BCUT2D eigenvalue weighted by molar-refractivity contribution is 6.00. The molecule has 2 heterocycles. The first-order chi connectivity index (χ1) is 12.4. The molecule has 5 nitrogen and oxygen atoms in total. The number of benzene rings is 1. The fourth-order valence-corrected chi connectivity index (χ4v) is 2.67. The van der Waals surface area contributed by atoms with Gasteiger partial charge in [-0.05, 0) is 31.7 Å². The zero-order valence-electron chi connectivity index (χ0n) is 15.4. The van der Waals surface area contributed by atoms with Gasteiger partial charge in [-0.1, -0.05) is 19.9 Å². The second-order valence-electron chi connectivity index (χ2n) is 6.04. The minimum absolute atomic E-state index is 0.0148. The molecule has 0 aliphatic carbocycles. The summed E-state index contributed by atoms with van der Waals surface area (Å²) in [6.45, 7) is 7.20. The zero-order valence-corrected chi connectivity index (χ0v) is 15.4. The Hall–Kier alpha value is -2.54. The Kier molecular flexibility index (Phi) is 6.63. The molecule has 0 radical (unpaired) electrons. The van der Waals surface area contributed by atoms with Gasteiger partial charge in [0.2, 0.25) is 0 Å². The quantitative estimate of drug-likeness (QED) is 0.874. The summed E-state index contributed by atoms with van der Waals surface area (Å²) < 4.78 is 28.2. The summed E-state index contributed by atoms with van der Waals surface area (Å²) in [5, 5.41) is 5.53. The number of hydrogen-bond donors (Lipinski definition) is 2. The topological polar surface area (TPSA) is 57.3 Å². The van der Waals surface area contributed by atoms with E-state index in [1.807, 2.05) is 25.8 Å². The van der Waals surface area contributed by atoms with Crippen molar-refractivity contribution in [3.05, 3.63) is 53.4 Å². The van der Waals surface area contributed by atoms with Crippen LogP contribution in [-0.2, 0) is 0 Å². The number of carbonyl (C=O) groups is 1. The van der Waals surface area contributed by atoms with Crippen LogP contribution in [0.1, 0.15) is 29.8 Å². The first-order valence-corrected chi connectivity index (χ1v) is 8.60. The SMILES string of the molecule is CC.Cc1ccc(Nc2cncc(F)c2C(=O)NC2CN(C)C2)c(F)c1. The Labute approximate surface area is 152 Å². The van der Waals surface area contributed by atoms with Gasteiger partial charge in [-0.15, -0.1) is 0 Å². The Morgan fingerprint density at radius 3 is 2.46 bits per heavy atom. The summed E-state index contributed by atoms with van der Waals surface area (Å²) in [5.74, 6) is -1.77. The van der Waals surface area contributed by atoms with Gasteiger partial charge in [-0.2, -0.15) is 0 Å². The molecule has 1 aliphatic heterocycles. The average Bonchev–Trinajstić information content (AvgIpc) is 2.58. The summed E-state index contributed by atoms with van der Waals surface area (Å²) in [4.78, 5) is 18.2. The molecule has 1 saturated heterocycles. The molecule has 1 fully saturated rings. The van der Waals surface area contributed by atoms with Crippen LogP contribution in [0, 0.1) is 18.6 Å². The third-order valence-electron chi connectivity index (χ3n) is 3.92. The smallest absolute Gasteiger partial charge is 0.256 e. The molecule has 140 valence electrons. The van der Waals surface area contributed by atoms with Crippen LogP contribution >= 0.6 is 0 Å². The van der Waals surface area contributed by atoms with E-state index in [0.29, 0.717) is 13.1 Å². The number of pyridine rings is 1. The van der Waals surface area contributed by atoms with Crippen LogP contribution in [0.5, 0.6) is 0 Å². The molecule has 7 heteroatoms. The number of hydrogen-bond acceptors (Lipinski definition) is 4. The summed E-state index contributed by atoms with van der Waals surface area (Å²) >= 11 is 0. The lowest BCUT2D eigenvalue weighted by atomic mass is 10.1. The molecule has 1 aromatic carbocycles. The maximum absolute atomic E-state index is 14.1. The van der Waals surface area contributed by atoms with Crippen molar-refractivity contribution in [3.63, 3.8) is 0 Å². The van der Waals surface area contributed by atoms with E-state index in [1.54, 1.807) is 13.0 Å². The molecule has 1 amide bonds. The van der Waals surface area contributed by atoms with Crippen molar-refractivity contribution in [3.8, 4) is 0 Å². The van der Waals surface area contributed by atoms with E-state index in [0.717, 1.165) is 11.8 Å². The first-order valence-electron chi connectivity index (χ1n) is 8.60. The summed E-state index contributed by atoms with van der Waals surface area (Å²) in [5.41, 5.74) is 0.885. The van der Waals surface area contributed by atoms with Crippen molar-refractivity contribution in [2.75, 3.05) is 25.5 Å². The van der Waals surface area contributed by atoms with Crippen molar-refractivity contribution < 1.29 is 13.6 Å². The van der Waals surface area contributed by atoms with Crippen molar-refractivity contribution in [1.29, 1.82) is 0 Å². The number of nitrogens with zero attached hydrogens (tertiary/aromatic N) is 2. The van der Waals surface area contributed by atoms with Crippen LogP contribution < -0.4 is 10.6 Å². The minimum atomic E-state index is -0.752. The van der Waals surface area contributed by atoms with Crippen LogP contribution in [0.3, 0.4) is 0 Å². The van der Waals surface area contributed by atoms with Gasteiger partial charge in [-0.25, -0.2) is 8.78 Å². The van der Waals surface area contributed by atoms with Crippen molar-refractivity contribution in [2.24, 2.45) is 0 Å². The van der Waals surface area contributed by atoms with E-state index in [1.165, 1.54) is 18.3 Å². The summed E-state index contributed by atoms with van der Waals surface area (Å²) in [6.07, 6.45) is 2.28. The Balaban J connectivity index is 0.00000117. The maximum atomic E-state index is 14.1. The molecule has 2 aromatic rings. The van der Waals surface area contributed by atoms with E-state index in [-0.39, 0.29) is 23.0 Å². The predicted octanol–water partition coefficient (Wildman–Crippen LogP) is 3.48. The first kappa shape index (κ1) is 19.8. The largest absolute Gasteiger partial charge is 0.351 e. The standard InChI is InChI=1S/C17H18F2N4O.C2H6/c1-10-3-4-14(12(18)5-10)22-15-7-20-6-13(19)16(15)17(24)21-11-8-23(2)9-11;1-2/h3-7,11,22H,8-9H2,1-2H3,(H,21,24);1-2H3. The molecule has 0 saturated carbocycles. The van der Waals surface area contributed by atoms with Crippen LogP contribution in [0.25, 0.3) is 0 Å². The fraction of sp³-hybridized carbons (Fsp3) is 0.368. The molecule has 0 unspecified atom stereocenters. The van der Waals surface area contributed by atoms with Crippen LogP contribution in [0.2, 0.25) is 0 Å². The number of aryl methyl sites for hydroxylation is 1. The Morgan fingerprint density at radius 1 is 1.15 bits per heavy atom. The zero-order chi connectivity index (χ0) is 19.3. The molecule has 26 heavy (non-hydrogen) atoms. The lowest BCUT2D eigenvalue weighted by Gasteiger charge is -2.36. The monoisotopic (exact) mass is 362 g/mol. The molecular weight excluding hydrogens is 338 g/mol.